The van der Waals surface area contributed by atoms with Gasteiger partial charge < -0.3 is 15.2 Å². The first-order chi connectivity index (χ1) is 11.4. The zero-order valence-corrected chi connectivity index (χ0v) is 13.9. The Hall–Kier alpha value is -2.26. The zero-order valence-electron chi connectivity index (χ0n) is 12.3. The highest BCUT2D eigenvalue weighted by Gasteiger charge is 2.29. The predicted molar refractivity (Wildman–Crippen MR) is 86.0 cm³/mol. The standard InChI is InChI=1S/C14H13ClN2O6S/c15-8-1-2-10(18)9(5-8)13(21)23-6-11(19)16-3-4-17-12(20)7-24-14(17)22/h1-2,5,18H,3-4,6-7H2,(H,16,19). The molecule has 1 aromatic carbocycles. The number of halogens is 1. The number of esters is 1. The number of ether oxygens (including phenoxy) is 1. The molecule has 0 spiro atoms. The minimum Gasteiger partial charge on any atom is -0.507 e. The number of hydrogen-bond acceptors (Lipinski definition) is 7. The van der Waals surface area contributed by atoms with E-state index in [4.69, 9.17) is 16.3 Å². The van der Waals surface area contributed by atoms with Crippen LogP contribution in [0.2, 0.25) is 5.02 Å². The van der Waals surface area contributed by atoms with E-state index in [0.717, 1.165) is 16.7 Å². The van der Waals surface area contributed by atoms with Crippen molar-refractivity contribution in [2.45, 2.75) is 0 Å². The maximum atomic E-state index is 11.8. The van der Waals surface area contributed by atoms with Crippen molar-refractivity contribution in [3.8, 4) is 5.75 Å². The fourth-order valence-electron chi connectivity index (χ4n) is 1.84. The molecule has 1 aliphatic heterocycles. The lowest BCUT2D eigenvalue weighted by Crippen LogP contribution is -2.38. The van der Waals surface area contributed by atoms with Gasteiger partial charge in [0, 0.05) is 18.1 Å². The van der Waals surface area contributed by atoms with Crippen LogP contribution in [-0.4, -0.2) is 58.5 Å². The lowest BCUT2D eigenvalue weighted by Gasteiger charge is -2.13. The number of hydrogen-bond donors (Lipinski definition) is 2. The van der Waals surface area contributed by atoms with Crippen molar-refractivity contribution in [2.24, 2.45) is 0 Å². The fourth-order valence-corrected chi connectivity index (χ4v) is 2.76. The molecule has 24 heavy (non-hydrogen) atoms. The predicted octanol–water partition coefficient (Wildman–Crippen LogP) is 1.01. The monoisotopic (exact) mass is 372 g/mol. The van der Waals surface area contributed by atoms with Crippen molar-refractivity contribution in [3.05, 3.63) is 28.8 Å². The van der Waals surface area contributed by atoms with Crippen LogP contribution in [0.5, 0.6) is 5.75 Å². The van der Waals surface area contributed by atoms with Crippen LogP contribution in [0.3, 0.4) is 0 Å². The topological polar surface area (TPSA) is 113 Å². The normalized spacial score (nSPS) is 14.0. The van der Waals surface area contributed by atoms with E-state index in [0.29, 0.717) is 0 Å². The van der Waals surface area contributed by atoms with Crippen LogP contribution in [0.15, 0.2) is 18.2 Å². The number of nitrogens with one attached hydrogen (secondary N) is 1. The number of phenolic OH excluding ortho intramolecular Hbond substituents is 1. The van der Waals surface area contributed by atoms with Crippen LogP contribution in [0.4, 0.5) is 4.79 Å². The number of rotatable bonds is 6. The van der Waals surface area contributed by atoms with E-state index in [9.17, 15) is 24.3 Å². The van der Waals surface area contributed by atoms with Crippen molar-refractivity contribution in [1.29, 1.82) is 0 Å². The van der Waals surface area contributed by atoms with E-state index in [1.807, 2.05) is 0 Å². The number of amides is 3. The third kappa shape index (κ3) is 4.62. The van der Waals surface area contributed by atoms with Gasteiger partial charge in [-0.3, -0.25) is 19.3 Å². The molecule has 8 nitrogen and oxygen atoms in total. The Bertz CT molecular complexity index is 680. The Morgan fingerprint density at radius 3 is 2.79 bits per heavy atom. The highest BCUT2D eigenvalue weighted by molar-refractivity contribution is 8.14. The van der Waals surface area contributed by atoms with Gasteiger partial charge in [0.25, 0.3) is 11.1 Å². The van der Waals surface area contributed by atoms with Crippen LogP contribution in [0, 0.1) is 0 Å². The Balaban J connectivity index is 1.75. The van der Waals surface area contributed by atoms with Crippen molar-refractivity contribution in [1.82, 2.24) is 10.2 Å². The molecule has 0 atom stereocenters. The summed E-state index contributed by atoms with van der Waals surface area (Å²) in [5.41, 5.74) is -0.152. The van der Waals surface area contributed by atoms with Gasteiger partial charge in [-0.2, -0.15) is 0 Å². The van der Waals surface area contributed by atoms with E-state index in [2.05, 4.69) is 5.32 Å². The second kappa shape index (κ2) is 8.02. The summed E-state index contributed by atoms with van der Waals surface area (Å²) in [5, 5.41) is 11.9. The Labute approximate surface area is 146 Å². The van der Waals surface area contributed by atoms with Crippen LogP contribution >= 0.6 is 23.4 Å². The first-order valence-electron chi connectivity index (χ1n) is 6.78. The lowest BCUT2D eigenvalue weighted by atomic mass is 10.2. The van der Waals surface area contributed by atoms with Gasteiger partial charge in [-0.05, 0) is 18.2 Å². The quantitative estimate of drug-likeness (QED) is 0.716. The third-order valence-electron chi connectivity index (χ3n) is 3.01. The van der Waals surface area contributed by atoms with E-state index < -0.39 is 18.5 Å². The van der Waals surface area contributed by atoms with Gasteiger partial charge in [-0.15, -0.1) is 0 Å². The number of imide groups is 1. The number of benzene rings is 1. The van der Waals surface area contributed by atoms with E-state index >= 15 is 0 Å². The summed E-state index contributed by atoms with van der Waals surface area (Å²) in [4.78, 5) is 47.1. The molecule has 128 valence electrons. The molecule has 1 fully saturated rings. The molecule has 0 saturated carbocycles. The molecule has 0 aliphatic carbocycles. The van der Waals surface area contributed by atoms with Gasteiger partial charge in [-0.1, -0.05) is 23.4 Å². The van der Waals surface area contributed by atoms with E-state index in [1.165, 1.54) is 18.2 Å². The van der Waals surface area contributed by atoms with Gasteiger partial charge in [0.2, 0.25) is 5.91 Å². The molecule has 1 saturated heterocycles. The highest BCUT2D eigenvalue weighted by atomic mass is 35.5. The van der Waals surface area contributed by atoms with Gasteiger partial charge in [0.05, 0.1) is 5.75 Å². The minimum absolute atomic E-state index is 0.0524. The van der Waals surface area contributed by atoms with Gasteiger partial charge >= 0.3 is 5.97 Å². The largest absolute Gasteiger partial charge is 0.507 e. The summed E-state index contributed by atoms with van der Waals surface area (Å²) in [5.74, 6) is -2.01. The molecule has 0 bridgehead atoms. The molecular weight excluding hydrogens is 360 g/mol. The first kappa shape index (κ1) is 18.1. The first-order valence-corrected chi connectivity index (χ1v) is 8.14. The number of phenols is 1. The number of aromatic hydroxyl groups is 1. The number of thioether (sulfide) groups is 1. The van der Waals surface area contributed by atoms with Crippen LogP contribution in [-0.2, 0) is 14.3 Å². The molecule has 2 N–H and O–H groups in total. The van der Waals surface area contributed by atoms with Gasteiger partial charge in [-0.25, -0.2) is 4.79 Å². The molecule has 0 unspecified atom stereocenters. The molecule has 1 heterocycles. The second-order valence-electron chi connectivity index (χ2n) is 4.69. The summed E-state index contributed by atoms with van der Waals surface area (Å²) in [6.45, 7) is -0.461. The summed E-state index contributed by atoms with van der Waals surface area (Å²) in [6.07, 6.45) is 0. The van der Waals surface area contributed by atoms with Crippen LogP contribution in [0.1, 0.15) is 10.4 Å². The van der Waals surface area contributed by atoms with Crippen LogP contribution in [0.25, 0.3) is 0 Å². The van der Waals surface area contributed by atoms with Crippen molar-refractivity contribution >= 4 is 46.4 Å². The summed E-state index contributed by atoms with van der Waals surface area (Å²) in [6, 6.07) is 3.86. The van der Waals surface area contributed by atoms with Crippen molar-refractivity contribution < 1.29 is 29.0 Å². The van der Waals surface area contributed by atoms with Crippen molar-refractivity contribution in [2.75, 3.05) is 25.4 Å². The minimum atomic E-state index is -0.897. The SMILES string of the molecule is O=C(COC(=O)c1cc(Cl)ccc1O)NCCN1C(=O)CSC1=O. The Morgan fingerprint density at radius 1 is 1.38 bits per heavy atom. The lowest BCUT2D eigenvalue weighted by molar-refractivity contribution is -0.126. The zero-order chi connectivity index (χ0) is 17.7. The maximum absolute atomic E-state index is 11.8. The fraction of sp³-hybridized carbons (Fsp3) is 0.286. The van der Waals surface area contributed by atoms with E-state index in [1.54, 1.807) is 0 Å². The molecule has 0 radical (unpaired) electrons. The van der Waals surface area contributed by atoms with Crippen LogP contribution < -0.4 is 5.32 Å². The molecule has 3 amide bonds. The summed E-state index contributed by atoms with van der Waals surface area (Å²) >= 11 is 6.63. The number of nitrogens with zero attached hydrogens (tertiary/aromatic N) is 1. The molecule has 2 rings (SSSR count). The third-order valence-corrected chi connectivity index (χ3v) is 4.10. The van der Waals surface area contributed by atoms with E-state index in [-0.39, 0.29) is 46.3 Å². The van der Waals surface area contributed by atoms with Gasteiger partial charge in [0.1, 0.15) is 11.3 Å². The molecule has 1 aliphatic rings. The molecule has 1 aromatic rings. The number of carbonyl (C=O) groups is 4. The number of carbonyl (C=O) groups excluding carboxylic acids is 4. The maximum Gasteiger partial charge on any atom is 0.342 e. The second-order valence-corrected chi connectivity index (χ2v) is 6.05. The Kier molecular flexibility index (Phi) is 6.04. The summed E-state index contributed by atoms with van der Waals surface area (Å²) in [7, 11) is 0. The van der Waals surface area contributed by atoms with Crippen molar-refractivity contribution in [3.63, 3.8) is 0 Å². The Morgan fingerprint density at radius 2 is 2.12 bits per heavy atom. The smallest absolute Gasteiger partial charge is 0.342 e. The van der Waals surface area contributed by atoms with Gasteiger partial charge in [0.15, 0.2) is 6.61 Å². The summed E-state index contributed by atoms with van der Waals surface area (Å²) < 4.78 is 4.77. The molecule has 10 heteroatoms. The average Bonchev–Trinajstić information content (AvgIpc) is 2.86. The average molecular weight is 373 g/mol. The molecule has 0 aromatic heterocycles. The highest BCUT2D eigenvalue weighted by Crippen LogP contribution is 2.22. The molecular formula is C14H13ClN2O6S.